The van der Waals surface area contributed by atoms with Gasteiger partial charge in [-0.15, -0.1) is 5.10 Å². The van der Waals surface area contributed by atoms with Gasteiger partial charge >= 0.3 is 0 Å². The number of benzene rings is 1. The molecule has 0 aliphatic carbocycles. The van der Waals surface area contributed by atoms with Crippen molar-refractivity contribution in [1.82, 2.24) is 19.9 Å². The first-order valence-electron chi connectivity index (χ1n) is 6.88. The maximum absolute atomic E-state index is 12.1. The molecule has 1 aromatic carbocycles. The van der Waals surface area contributed by atoms with Crippen LogP contribution in [-0.2, 0) is 17.8 Å². The van der Waals surface area contributed by atoms with Crippen molar-refractivity contribution in [3.05, 3.63) is 47.8 Å². The van der Waals surface area contributed by atoms with Gasteiger partial charge in [0, 0.05) is 31.7 Å². The molecule has 1 aliphatic rings. The molecule has 0 bridgehead atoms. The number of aromatic nitrogens is 3. The predicted molar refractivity (Wildman–Crippen MR) is 75.0 cm³/mol. The molecule has 5 heteroatoms. The molecule has 1 fully saturated rings. The molecule has 0 spiro atoms. The molecule has 1 aliphatic heterocycles. The van der Waals surface area contributed by atoms with Crippen molar-refractivity contribution in [2.45, 2.75) is 19.9 Å². The lowest BCUT2D eigenvalue weighted by atomic mass is 9.98. The number of amides is 1. The Morgan fingerprint density at radius 3 is 2.95 bits per heavy atom. The van der Waals surface area contributed by atoms with Crippen molar-refractivity contribution in [3.63, 3.8) is 0 Å². The summed E-state index contributed by atoms with van der Waals surface area (Å²) in [6.45, 7) is 4.54. The Morgan fingerprint density at radius 2 is 2.25 bits per heavy atom. The number of nitrogens with zero attached hydrogens (tertiary/aromatic N) is 4. The molecule has 3 rings (SSSR count). The predicted octanol–water partition coefficient (Wildman–Crippen LogP) is 1.29. The smallest absolute Gasteiger partial charge is 0.227 e. The van der Waals surface area contributed by atoms with E-state index in [0.717, 1.165) is 25.2 Å². The van der Waals surface area contributed by atoms with Gasteiger partial charge in [0.05, 0.1) is 12.6 Å². The van der Waals surface area contributed by atoms with Crippen LogP contribution in [-0.4, -0.2) is 38.9 Å². The lowest BCUT2D eigenvalue weighted by molar-refractivity contribution is -0.137. The average Bonchev–Trinajstić information content (AvgIpc) is 2.86. The molecule has 1 amide bonds. The van der Waals surface area contributed by atoms with Crippen LogP contribution in [0.1, 0.15) is 11.1 Å². The molecule has 5 nitrogen and oxygen atoms in total. The van der Waals surface area contributed by atoms with Gasteiger partial charge in [-0.25, -0.2) is 0 Å². The summed E-state index contributed by atoms with van der Waals surface area (Å²) in [5.41, 5.74) is 2.29. The van der Waals surface area contributed by atoms with E-state index in [0.29, 0.717) is 12.3 Å². The normalized spacial score (nSPS) is 15.2. The second kappa shape index (κ2) is 5.45. The van der Waals surface area contributed by atoms with Crippen LogP contribution in [0.3, 0.4) is 0 Å². The number of carbonyl (C=O) groups excluding carboxylic acids is 1. The van der Waals surface area contributed by atoms with Crippen LogP contribution >= 0.6 is 0 Å². The third-order valence-corrected chi connectivity index (χ3v) is 3.66. The minimum Gasteiger partial charge on any atom is -0.342 e. The standard InChI is InChI=1S/C15H18N4O/c1-12-3-2-4-13(7-12)8-15(20)18-9-14(10-18)11-19-6-5-16-17-19/h2-7,14H,8-11H2,1H3. The van der Waals surface area contributed by atoms with Crippen molar-refractivity contribution in [1.29, 1.82) is 0 Å². The summed E-state index contributed by atoms with van der Waals surface area (Å²) in [7, 11) is 0. The van der Waals surface area contributed by atoms with Crippen molar-refractivity contribution < 1.29 is 4.79 Å². The van der Waals surface area contributed by atoms with Gasteiger partial charge in [-0.2, -0.15) is 0 Å². The zero-order valence-electron chi connectivity index (χ0n) is 11.6. The lowest BCUT2D eigenvalue weighted by Crippen LogP contribution is -2.51. The van der Waals surface area contributed by atoms with Crippen LogP contribution in [0.2, 0.25) is 0 Å². The SMILES string of the molecule is Cc1cccc(CC(=O)N2CC(Cn3ccnn3)C2)c1. The monoisotopic (exact) mass is 270 g/mol. The second-order valence-corrected chi connectivity index (χ2v) is 5.46. The van der Waals surface area contributed by atoms with Gasteiger partial charge < -0.3 is 4.90 Å². The first-order chi connectivity index (χ1) is 9.70. The number of carbonyl (C=O) groups is 1. The van der Waals surface area contributed by atoms with Crippen molar-refractivity contribution in [2.75, 3.05) is 13.1 Å². The third-order valence-electron chi connectivity index (χ3n) is 3.66. The highest BCUT2D eigenvalue weighted by Crippen LogP contribution is 2.18. The van der Waals surface area contributed by atoms with E-state index < -0.39 is 0 Å². The van der Waals surface area contributed by atoms with Gasteiger partial charge in [0.25, 0.3) is 0 Å². The first kappa shape index (κ1) is 12.8. The average molecular weight is 270 g/mol. The lowest BCUT2D eigenvalue weighted by Gasteiger charge is -2.39. The van der Waals surface area contributed by atoms with Crippen LogP contribution in [0.15, 0.2) is 36.7 Å². The fourth-order valence-corrected chi connectivity index (χ4v) is 2.59. The zero-order valence-corrected chi connectivity index (χ0v) is 11.6. The number of likely N-dealkylation sites (tertiary alicyclic amines) is 1. The maximum atomic E-state index is 12.1. The van der Waals surface area contributed by atoms with Crippen LogP contribution in [0.25, 0.3) is 0 Å². The Hall–Kier alpha value is -2.17. The van der Waals surface area contributed by atoms with Gasteiger partial charge in [0.1, 0.15) is 0 Å². The number of aryl methyl sites for hydroxylation is 1. The van der Waals surface area contributed by atoms with Gasteiger partial charge in [-0.3, -0.25) is 9.48 Å². The topological polar surface area (TPSA) is 51.0 Å². The molecule has 104 valence electrons. The molecule has 0 N–H and O–H groups in total. The summed E-state index contributed by atoms with van der Waals surface area (Å²) >= 11 is 0. The van der Waals surface area contributed by atoms with E-state index in [-0.39, 0.29) is 5.91 Å². The zero-order chi connectivity index (χ0) is 13.9. The number of rotatable bonds is 4. The van der Waals surface area contributed by atoms with Gasteiger partial charge in [0.2, 0.25) is 5.91 Å². The quantitative estimate of drug-likeness (QED) is 0.841. The Labute approximate surface area is 118 Å². The maximum Gasteiger partial charge on any atom is 0.227 e. The largest absolute Gasteiger partial charge is 0.342 e. The van der Waals surface area contributed by atoms with Crippen LogP contribution in [0, 0.1) is 12.8 Å². The van der Waals surface area contributed by atoms with Gasteiger partial charge in [-0.1, -0.05) is 35.0 Å². The minimum absolute atomic E-state index is 0.213. The van der Waals surface area contributed by atoms with Crippen molar-refractivity contribution in [3.8, 4) is 0 Å². The molecule has 0 atom stereocenters. The number of hydrogen-bond acceptors (Lipinski definition) is 3. The Balaban J connectivity index is 1.48. The van der Waals surface area contributed by atoms with E-state index in [1.54, 1.807) is 6.20 Å². The van der Waals surface area contributed by atoms with Gasteiger partial charge in [0.15, 0.2) is 0 Å². The Bertz CT molecular complexity index is 588. The Morgan fingerprint density at radius 1 is 1.40 bits per heavy atom. The fourth-order valence-electron chi connectivity index (χ4n) is 2.59. The Kier molecular flexibility index (Phi) is 3.50. The van der Waals surface area contributed by atoms with Gasteiger partial charge in [-0.05, 0) is 12.5 Å². The summed E-state index contributed by atoms with van der Waals surface area (Å²) in [6.07, 6.45) is 4.04. The van der Waals surface area contributed by atoms with E-state index >= 15 is 0 Å². The van der Waals surface area contributed by atoms with Crippen LogP contribution in [0.4, 0.5) is 0 Å². The van der Waals surface area contributed by atoms with Crippen LogP contribution in [0.5, 0.6) is 0 Å². The highest BCUT2D eigenvalue weighted by molar-refractivity contribution is 5.79. The summed E-state index contributed by atoms with van der Waals surface area (Å²) in [5, 5.41) is 7.73. The summed E-state index contributed by atoms with van der Waals surface area (Å²) in [5.74, 6) is 0.712. The molecular weight excluding hydrogens is 252 g/mol. The summed E-state index contributed by atoms with van der Waals surface area (Å²) in [6, 6.07) is 8.13. The molecule has 1 aromatic heterocycles. The van der Waals surface area contributed by atoms with E-state index in [2.05, 4.69) is 16.4 Å². The molecule has 0 unspecified atom stereocenters. The molecular formula is C15H18N4O. The molecule has 2 heterocycles. The van der Waals surface area contributed by atoms with E-state index in [1.165, 1.54) is 5.56 Å². The highest BCUT2D eigenvalue weighted by atomic mass is 16.2. The van der Waals surface area contributed by atoms with Crippen molar-refractivity contribution in [2.24, 2.45) is 5.92 Å². The second-order valence-electron chi connectivity index (χ2n) is 5.46. The van der Waals surface area contributed by atoms with Crippen molar-refractivity contribution >= 4 is 5.91 Å². The number of hydrogen-bond donors (Lipinski definition) is 0. The van der Waals surface area contributed by atoms with Crippen LogP contribution < -0.4 is 0 Å². The van der Waals surface area contributed by atoms with E-state index in [1.807, 2.05) is 40.9 Å². The minimum atomic E-state index is 0.213. The highest BCUT2D eigenvalue weighted by Gasteiger charge is 2.30. The fraction of sp³-hybridized carbons (Fsp3) is 0.400. The molecule has 0 saturated carbocycles. The third kappa shape index (κ3) is 2.87. The first-order valence-corrected chi connectivity index (χ1v) is 6.88. The summed E-state index contributed by atoms with van der Waals surface area (Å²) < 4.78 is 1.83. The molecule has 20 heavy (non-hydrogen) atoms. The molecule has 1 saturated heterocycles. The molecule has 0 radical (unpaired) electrons. The van der Waals surface area contributed by atoms with E-state index in [9.17, 15) is 4.79 Å². The molecule has 2 aromatic rings. The van der Waals surface area contributed by atoms with E-state index in [4.69, 9.17) is 0 Å². The summed E-state index contributed by atoms with van der Waals surface area (Å²) in [4.78, 5) is 14.1.